The van der Waals surface area contributed by atoms with Crippen LogP contribution in [0.4, 0.5) is 5.69 Å². The molecule has 0 aliphatic rings. The Morgan fingerprint density at radius 3 is 2.67 bits per heavy atom. The van der Waals surface area contributed by atoms with Crippen molar-refractivity contribution in [3.8, 4) is 0 Å². The van der Waals surface area contributed by atoms with E-state index in [-0.39, 0.29) is 0 Å². The van der Waals surface area contributed by atoms with Gasteiger partial charge in [0.15, 0.2) is 0 Å². The highest BCUT2D eigenvalue weighted by Gasteiger charge is 2.00. The van der Waals surface area contributed by atoms with Gasteiger partial charge in [-0.1, -0.05) is 25.1 Å². The standard InChI is InChI=1S/C11H17N3O/c1-3-9-15-14(2)11(12)13-10-7-5-4-6-8-10/h4-8H,3,9H2,1-2H3,(H2,12,13). The largest absolute Gasteiger partial charge is 0.368 e. The lowest BCUT2D eigenvalue weighted by molar-refractivity contribution is -0.0801. The number of nitrogens with two attached hydrogens (primary N) is 1. The Hall–Kier alpha value is -1.55. The Kier molecular flexibility index (Phi) is 4.63. The van der Waals surface area contributed by atoms with Crippen molar-refractivity contribution in [1.29, 1.82) is 0 Å². The highest BCUT2D eigenvalue weighted by Crippen LogP contribution is 2.09. The average molecular weight is 207 g/mol. The minimum atomic E-state index is 0.356. The average Bonchev–Trinajstić information content (AvgIpc) is 2.27. The fourth-order valence-electron chi connectivity index (χ4n) is 1.000. The zero-order valence-electron chi connectivity index (χ0n) is 9.18. The van der Waals surface area contributed by atoms with Crippen LogP contribution >= 0.6 is 0 Å². The summed E-state index contributed by atoms with van der Waals surface area (Å²) in [5.74, 6) is 0.356. The number of hydrogen-bond acceptors (Lipinski definition) is 2. The molecule has 0 bridgehead atoms. The van der Waals surface area contributed by atoms with Crippen LogP contribution in [-0.2, 0) is 4.84 Å². The van der Waals surface area contributed by atoms with Crippen molar-refractivity contribution < 1.29 is 4.84 Å². The predicted octanol–water partition coefficient (Wildman–Crippen LogP) is 1.91. The molecule has 2 N–H and O–H groups in total. The maximum absolute atomic E-state index is 5.74. The third-order valence-electron chi connectivity index (χ3n) is 1.81. The van der Waals surface area contributed by atoms with Crippen LogP contribution in [0.1, 0.15) is 13.3 Å². The zero-order valence-corrected chi connectivity index (χ0v) is 9.18. The summed E-state index contributed by atoms with van der Waals surface area (Å²) in [6.07, 6.45) is 0.947. The van der Waals surface area contributed by atoms with Gasteiger partial charge in [0, 0.05) is 7.05 Å². The molecule has 0 aromatic heterocycles. The van der Waals surface area contributed by atoms with Crippen molar-refractivity contribution in [3.63, 3.8) is 0 Å². The zero-order chi connectivity index (χ0) is 11.1. The predicted molar refractivity (Wildman–Crippen MR) is 61.7 cm³/mol. The maximum Gasteiger partial charge on any atom is 0.220 e. The van der Waals surface area contributed by atoms with E-state index in [1.165, 1.54) is 5.06 Å². The molecule has 0 spiro atoms. The number of hydrogen-bond donors (Lipinski definition) is 1. The highest BCUT2D eigenvalue weighted by atomic mass is 16.7. The van der Waals surface area contributed by atoms with Gasteiger partial charge >= 0.3 is 0 Å². The van der Waals surface area contributed by atoms with Gasteiger partial charge in [0.25, 0.3) is 0 Å². The van der Waals surface area contributed by atoms with Gasteiger partial charge in [-0.3, -0.25) is 4.84 Å². The molecule has 15 heavy (non-hydrogen) atoms. The van der Waals surface area contributed by atoms with Crippen LogP contribution in [0.2, 0.25) is 0 Å². The Morgan fingerprint density at radius 1 is 1.40 bits per heavy atom. The lowest BCUT2D eigenvalue weighted by atomic mass is 10.3. The SMILES string of the molecule is CCCON(C)C(N)=Nc1ccccc1. The first-order chi connectivity index (χ1) is 7.24. The summed E-state index contributed by atoms with van der Waals surface area (Å²) in [5, 5.41) is 1.48. The van der Waals surface area contributed by atoms with Crippen LogP contribution in [0, 0.1) is 0 Å². The molecular formula is C11H17N3O. The third kappa shape index (κ3) is 3.99. The summed E-state index contributed by atoms with van der Waals surface area (Å²) in [6, 6.07) is 9.55. The first kappa shape index (κ1) is 11.5. The van der Waals surface area contributed by atoms with E-state index in [4.69, 9.17) is 10.6 Å². The van der Waals surface area contributed by atoms with Gasteiger partial charge in [0.05, 0.1) is 12.3 Å². The topological polar surface area (TPSA) is 50.9 Å². The van der Waals surface area contributed by atoms with Gasteiger partial charge in [-0.2, -0.15) is 0 Å². The van der Waals surface area contributed by atoms with Gasteiger partial charge in [0.2, 0.25) is 5.96 Å². The summed E-state index contributed by atoms with van der Waals surface area (Å²) in [4.78, 5) is 9.51. The number of aliphatic imine (C=N–C) groups is 1. The summed E-state index contributed by atoms with van der Waals surface area (Å²) >= 11 is 0. The van der Waals surface area contributed by atoms with Crippen molar-refractivity contribution in [3.05, 3.63) is 30.3 Å². The van der Waals surface area contributed by atoms with E-state index >= 15 is 0 Å². The summed E-state index contributed by atoms with van der Waals surface area (Å²) in [7, 11) is 1.75. The van der Waals surface area contributed by atoms with Gasteiger partial charge < -0.3 is 5.73 Å². The summed E-state index contributed by atoms with van der Waals surface area (Å²) in [6.45, 7) is 2.68. The minimum Gasteiger partial charge on any atom is -0.368 e. The molecule has 0 atom stereocenters. The van der Waals surface area contributed by atoms with E-state index in [0.717, 1.165) is 12.1 Å². The fourth-order valence-corrected chi connectivity index (χ4v) is 1.000. The van der Waals surface area contributed by atoms with Gasteiger partial charge in [-0.05, 0) is 18.6 Å². The number of para-hydroxylation sites is 1. The van der Waals surface area contributed by atoms with E-state index < -0.39 is 0 Å². The highest BCUT2D eigenvalue weighted by molar-refractivity contribution is 5.79. The van der Waals surface area contributed by atoms with Crippen LogP contribution in [0.15, 0.2) is 35.3 Å². The smallest absolute Gasteiger partial charge is 0.220 e. The molecular weight excluding hydrogens is 190 g/mol. The second kappa shape index (κ2) is 6.03. The van der Waals surface area contributed by atoms with E-state index in [0.29, 0.717) is 12.6 Å². The molecule has 82 valence electrons. The summed E-state index contributed by atoms with van der Waals surface area (Å²) in [5.41, 5.74) is 6.56. The molecule has 0 saturated heterocycles. The molecule has 0 heterocycles. The normalized spacial score (nSPS) is 11.5. The van der Waals surface area contributed by atoms with Gasteiger partial charge in [-0.15, -0.1) is 0 Å². The molecule has 0 aliphatic heterocycles. The minimum absolute atomic E-state index is 0.356. The van der Waals surface area contributed by atoms with Crippen molar-refractivity contribution >= 4 is 11.6 Å². The van der Waals surface area contributed by atoms with Crippen LogP contribution in [0.5, 0.6) is 0 Å². The molecule has 0 fully saturated rings. The van der Waals surface area contributed by atoms with Crippen LogP contribution < -0.4 is 5.73 Å². The molecule has 4 nitrogen and oxygen atoms in total. The van der Waals surface area contributed by atoms with Gasteiger partial charge in [-0.25, -0.2) is 10.1 Å². The van der Waals surface area contributed by atoms with E-state index in [9.17, 15) is 0 Å². The third-order valence-corrected chi connectivity index (χ3v) is 1.81. The number of hydroxylamine groups is 2. The Morgan fingerprint density at radius 2 is 2.07 bits per heavy atom. The van der Waals surface area contributed by atoms with Crippen molar-refractivity contribution in [2.75, 3.05) is 13.7 Å². The number of benzene rings is 1. The van der Waals surface area contributed by atoms with E-state index in [1.807, 2.05) is 37.3 Å². The summed E-state index contributed by atoms with van der Waals surface area (Å²) < 4.78 is 0. The van der Waals surface area contributed by atoms with Gasteiger partial charge in [0.1, 0.15) is 0 Å². The number of guanidine groups is 1. The molecule has 4 heteroatoms. The fraction of sp³-hybridized carbons (Fsp3) is 0.364. The molecule has 0 amide bonds. The van der Waals surface area contributed by atoms with Crippen molar-refractivity contribution in [2.24, 2.45) is 10.7 Å². The molecule has 0 saturated carbocycles. The van der Waals surface area contributed by atoms with Crippen molar-refractivity contribution in [1.82, 2.24) is 5.06 Å². The molecule has 0 aliphatic carbocycles. The number of nitrogens with zero attached hydrogens (tertiary/aromatic N) is 2. The first-order valence-electron chi connectivity index (χ1n) is 5.00. The van der Waals surface area contributed by atoms with Crippen molar-refractivity contribution in [2.45, 2.75) is 13.3 Å². The molecule has 0 unspecified atom stereocenters. The second-order valence-corrected chi connectivity index (χ2v) is 3.14. The van der Waals surface area contributed by atoms with Crippen LogP contribution in [0.3, 0.4) is 0 Å². The van der Waals surface area contributed by atoms with Crippen LogP contribution in [-0.4, -0.2) is 24.7 Å². The molecule has 1 rings (SSSR count). The molecule has 0 radical (unpaired) electrons. The second-order valence-electron chi connectivity index (χ2n) is 3.14. The Balaban J connectivity index is 2.59. The van der Waals surface area contributed by atoms with E-state index in [2.05, 4.69) is 4.99 Å². The van der Waals surface area contributed by atoms with E-state index in [1.54, 1.807) is 7.05 Å². The Bertz CT molecular complexity index is 311. The molecule has 1 aromatic carbocycles. The molecule has 1 aromatic rings. The number of rotatable bonds is 4. The monoisotopic (exact) mass is 207 g/mol. The Labute approximate surface area is 90.3 Å². The quantitative estimate of drug-likeness (QED) is 0.466. The maximum atomic E-state index is 5.74. The lowest BCUT2D eigenvalue weighted by Gasteiger charge is -2.16. The van der Waals surface area contributed by atoms with Crippen LogP contribution in [0.25, 0.3) is 0 Å². The first-order valence-corrected chi connectivity index (χ1v) is 5.00. The lowest BCUT2D eigenvalue weighted by Crippen LogP contribution is -2.34.